The number of rotatable bonds is 8. The van der Waals surface area contributed by atoms with E-state index in [2.05, 4.69) is 41.3 Å². The van der Waals surface area contributed by atoms with Gasteiger partial charge in [-0.15, -0.1) is 0 Å². The summed E-state index contributed by atoms with van der Waals surface area (Å²) in [5.41, 5.74) is 6.48. The predicted octanol–water partition coefficient (Wildman–Crippen LogP) is -1.51. The van der Waals surface area contributed by atoms with Crippen LogP contribution in [0.3, 0.4) is 0 Å². The van der Waals surface area contributed by atoms with Crippen LogP contribution in [0.25, 0.3) is 0 Å². The second-order valence-corrected chi connectivity index (χ2v) is 7.13. The smallest absolute Gasteiger partial charge is 0.181 e. The Labute approximate surface area is 156 Å². The Morgan fingerprint density at radius 1 is 0.750 bits per heavy atom. The molecule has 1 fully saturated rings. The molecule has 0 saturated carbocycles. The molecule has 24 heavy (non-hydrogen) atoms. The van der Waals surface area contributed by atoms with Crippen LogP contribution in [-0.4, -0.2) is 111 Å². The third kappa shape index (κ3) is 10.2. The highest BCUT2D eigenvalue weighted by Crippen LogP contribution is 1.96. The van der Waals surface area contributed by atoms with Crippen LogP contribution < -0.4 is 21.5 Å². The minimum absolute atomic E-state index is 0.680. The van der Waals surface area contributed by atoms with E-state index in [0.717, 1.165) is 52.4 Å². The summed E-state index contributed by atoms with van der Waals surface area (Å²) in [6.45, 7) is 7.10. The molecule has 0 spiro atoms. The van der Waals surface area contributed by atoms with Crippen molar-refractivity contribution in [2.45, 2.75) is 0 Å². The molecule has 4 N–H and O–H groups in total. The van der Waals surface area contributed by atoms with Crippen LogP contribution in [0.2, 0.25) is 0 Å². The van der Waals surface area contributed by atoms with Gasteiger partial charge in [0.1, 0.15) is 0 Å². The first-order valence-corrected chi connectivity index (χ1v) is 9.07. The molecule has 1 aliphatic rings. The summed E-state index contributed by atoms with van der Waals surface area (Å²) in [7, 11) is 8.18. The molecule has 0 aromatic heterocycles. The quantitative estimate of drug-likeness (QED) is 0.376. The van der Waals surface area contributed by atoms with Gasteiger partial charge in [0, 0.05) is 52.4 Å². The molecule has 8 nitrogen and oxygen atoms in total. The van der Waals surface area contributed by atoms with E-state index >= 15 is 0 Å². The van der Waals surface area contributed by atoms with Crippen LogP contribution in [0, 0.1) is 0 Å². The standard InChI is InChI=1S/C14H32N8S2/c1-19(2)7-5-15-13(23)17-21-9-11-22(12-10-21)18-14(24)16-6-8-20(3)4/h5-12H2,1-4H3,(H2,15,17,23)(H2,16,18,24). The van der Waals surface area contributed by atoms with Crippen molar-refractivity contribution in [3.8, 4) is 0 Å². The maximum absolute atomic E-state index is 5.31. The summed E-state index contributed by atoms with van der Waals surface area (Å²) in [5, 5.41) is 12.0. The average Bonchev–Trinajstić information content (AvgIpc) is 2.48. The second kappa shape index (κ2) is 11.7. The highest BCUT2D eigenvalue weighted by Gasteiger charge is 2.17. The van der Waals surface area contributed by atoms with Gasteiger partial charge < -0.3 is 20.4 Å². The third-order valence-electron chi connectivity index (χ3n) is 3.49. The van der Waals surface area contributed by atoms with Crippen LogP contribution in [0.15, 0.2) is 0 Å². The fraction of sp³-hybridized carbons (Fsp3) is 0.857. The van der Waals surface area contributed by atoms with E-state index in [1.807, 2.05) is 28.2 Å². The molecule has 1 heterocycles. The molecule has 0 aliphatic carbocycles. The molecule has 0 atom stereocenters. The highest BCUT2D eigenvalue weighted by molar-refractivity contribution is 7.80. The summed E-state index contributed by atoms with van der Waals surface area (Å²) in [6, 6.07) is 0. The average molecular weight is 377 g/mol. The number of thiocarbonyl (C=S) groups is 2. The van der Waals surface area contributed by atoms with Gasteiger partial charge in [0.15, 0.2) is 10.2 Å². The Bertz CT molecular complexity index is 347. The van der Waals surface area contributed by atoms with Gasteiger partial charge in [-0.3, -0.25) is 10.9 Å². The number of piperazine rings is 1. The molecule has 0 radical (unpaired) electrons. The summed E-state index contributed by atoms with van der Waals surface area (Å²) < 4.78 is 0. The van der Waals surface area contributed by atoms with Gasteiger partial charge >= 0.3 is 0 Å². The Kier molecular flexibility index (Phi) is 10.4. The van der Waals surface area contributed by atoms with E-state index in [0.29, 0.717) is 10.2 Å². The third-order valence-corrected chi connectivity index (χ3v) is 3.96. The van der Waals surface area contributed by atoms with E-state index in [-0.39, 0.29) is 0 Å². The molecule has 0 bridgehead atoms. The van der Waals surface area contributed by atoms with Gasteiger partial charge in [-0.2, -0.15) is 0 Å². The predicted molar refractivity (Wildman–Crippen MR) is 108 cm³/mol. The normalized spacial score (nSPS) is 16.2. The van der Waals surface area contributed by atoms with Gasteiger partial charge in [0.05, 0.1) is 0 Å². The van der Waals surface area contributed by atoms with Crippen LogP contribution in [0.1, 0.15) is 0 Å². The lowest BCUT2D eigenvalue weighted by Crippen LogP contribution is -2.60. The fourth-order valence-corrected chi connectivity index (χ4v) is 2.54. The molecule has 1 saturated heterocycles. The van der Waals surface area contributed by atoms with E-state index < -0.39 is 0 Å². The molecule has 1 aliphatic heterocycles. The van der Waals surface area contributed by atoms with Crippen molar-refractivity contribution in [1.29, 1.82) is 0 Å². The van der Waals surface area contributed by atoms with E-state index in [9.17, 15) is 0 Å². The van der Waals surface area contributed by atoms with E-state index in [1.165, 1.54) is 0 Å². The summed E-state index contributed by atoms with van der Waals surface area (Å²) in [6.07, 6.45) is 0. The van der Waals surface area contributed by atoms with Gasteiger partial charge in [0.25, 0.3) is 0 Å². The topological polar surface area (TPSA) is 61.1 Å². The van der Waals surface area contributed by atoms with Crippen LogP contribution >= 0.6 is 24.4 Å². The molecular weight excluding hydrogens is 344 g/mol. The number of nitrogens with one attached hydrogen (secondary N) is 4. The van der Waals surface area contributed by atoms with Crippen molar-refractivity contribution in [2.24, 2.45) is 0 Å². The first-order valence-electron chi connectivity index (χ1n) is 8.25. The number of nitrogens with zero attached hydrogens (tertiary/aromatic N) is 4. The Morgan fingerprint density at radius 3 is 1.38 bits per heavy atom. The molecule has 0 amide bonds. The molecule has 140 valence electrons. The number of likely N-dealkylation sites (N-methyl/N-ethyl adjacent to an activating group) is 2. The van der Waals surface area contributed by atoms with Crippen molar-refractivity contribution in [2.75, 3.05) is 80.5 Å². The Hall–Kier alpha value is -0.780. The van der Waals surface area contributed by atoms with Gasteiger partial charge in [-0.1, -0.05) is 0 Å². The molecule has 0 unspecified atom stereocenters. The van der Waals surface area contributed by atoms with Crippen LogP contribution in [0.4, 0.5) is 0 Å². The largest absolute Gasteiger partial charge is 0.360 e. The number of hydrogen-bond donors (Lipinski definition) is 4. The molecule has 0 aromatic rings. The van der Waals surface area contributed by atoms with Crippen molar-refractivity contribution in [3.63, 3.8) is 0 Å². The molecule has 0 aromatic carbocycles. The first-order chi connectivity index (χ1) is 11.4. The lowest BCUT2D eigenvalue weighted by molar-refractivity contribution is 0.0935. The molecule has 10 heteroatoms. The molecular formula is C14H32N8S2. The zero-order valence-corrected chi connectivity index (χ0v) is 16.9. The van der Waals surface area contributed by atoms with Crippen molar-refractivity contribution >= 4 is 34.7 Å². The van der Waals surface area contributed by atoms with Crippen molar-refractivity contribution in [3.05, 3.63) is 0 Å². The maximum Gasteiger partial charge on any atom is 0.181 e. The van der Waals surface area contributed by atoms with Crippen molar-refractivity contribution < 1.29 is 0 Å². The zero-order valence-electron chi connectivity index (χ0n) is 15.3. The first kappa shape index (κ1) is 21.3. The molecule has 1 rings (SSSR count). The maximum atomic E-state index is 5.31. The Morgan fingerprint density at radius 2 is 1.08 bits per heavy atom. The minimum atomic E-state index is 0.680. The number of hydrogen-bond acceptors (Lipinski definition) is 6. The van der Waals surface area contributed by atoms with Crippen LogP contribution in [-0.2, 0) is 0 Å². The van der Waals surface area contributed by atoms with E-state index in [1.54, 1.807) is 0 Å². The summed E-state index contributed by atoms with van der Waals surface area (Å²) in [5.74, 6) is 0. The van der Waals surface area contributed by atoms with Crippen LogP contribution in [0.5, 0.6) is 0 Å². The highest BCUT2D eigenvalue weighted by atomic mass is 32.1. The second-order valence-electron chi connectivity index (χ2n) is 6.32. The monoisotopic (exact) mass is 376 g/mol. The zero-order chi connectivity index (χ0) is 17.9. The summed E-state index contributed by atoms with van der Waals surface area (Å²) >= 11 is 10.6. The SMILES string of the molecule is CN(C)CCNC(=S)NN1CCN(NC(=S)NCCN(C)C)CC1. The minimum Gasteiger partial charge on any atom is -0.360 e. The van der Waals surface area contributed by atoms with Gasteiger partial charge in [0.2, 0.25) is 0 Å². The summed E-state index contributed by atoms with van der Waals surface area (Å²) in [4.78, 5) is 4.24. The Balaban J connectivity index is 2.12. The van der Waals surface area contributed by atoms with Gasteiger partial charge in [-0.25, -0.2) is 10.0 Å². The lowest BCUT2D eigenvalue weighted by atomic mass is 10.4. The van der Waals surface area contributed by atoms with E-state index in [4.69, 9.17) is 24.4 Å². The fourth-order valence-electron chi connectivity index (χ4n) is 2.08. The van der Waals surface area contributed by atoms with Gasteiger partial charge in [-0.05, 0) is 52.6 Å². The lowest BCUT2D eigenvalue weighted by Gasteiger charge is -2.35. The number of hydrazine groups is 2. The van der Waals surface area contributed by atoms with Crippen molar-refractivity contribution in [1.82, 2.24) is 41.3 Å².